The highest BCUT2D eigenvalue weighted by molar-refractivity contribution is 7.94. The van der Waals surface area contributed by atoms with Crippen LogP contribution in [0.1, 0.15) is 17.5 Å². The molecule has 1 aromatic rings. The molecule has 0 radical (unpaired) electrons. The molecule has 0 aliphatic carbocycles. The average Bonchev–Trinajstić information content (AvgIpc) is 2.40. The summed E-state index contributed by atoms with van der Waals surface area (Å²) < 4.78 is 69.8. The lowest BCUT2D eigenvalue weighted by Gasteiger charge is -2.11. The Kier molecular flexibility index (Phi) is 7.37. The maximum atomic E-state index is 11.4. The smallest absolute Gasteiger partial charge is 0.282 e. The molecular formula is C10H14O10S3. The molecule has 0 fully saturated rings. The third-order valence-electron chi connectivity index (χ3n) is 2.61. The van der Waals surface area contributed by atoms with E-state index in [0.717, 1.165) is 6.07 Å². The molecule has 0 heterocycles. The van der Waals surface area contributed by atoms with Crippen LogP contribution in [0.25, 0.3) is 0 Å². The topological polar surface area (TPSA) is 157 Å². The minimum atomic E-state index is -4.57. The fraction of sp³-hybridized carbons (Fsp3) is 0.400. The normalized spacial score (nSPS) is 12.5. The van der Waals surface area contributed by atoms with Crippen molar-refractivity contribution in [3.63, 3.8) is 0 Å². The molecule has 3 N–H and O–H groups in total. The number of rotatable bonds is 9. The molecule has 0 atom stereocenters. The van der Waals surface area contributed by atoms with E-state index >= 15 is 0 Å². The summed E-state index contributed by atoms with van der Waals surface area (Å²) in [5.41, 5.74) is 0.781. The third-order valence-corrected chi connectivity index (χ3v) is 4.76. The van der Waals surface area contributed by atoms with Gasteiger partial charge in [-0.05, 0) is 37.0 Å². The molecule has 0 spiro atoms. The van der Waals surface area contributed by atoms with Crippen molar-refractivity contribution in [2.75, 3.05) is 6.61 Å². The Morgan fingerprint density at radius 1 is 1.17 bits per heavy atom. The van der Waals surface area contributed by atoms with Crippen molar-refractivity contribution >= 4 is 32.6 Å². The molecule has 0 saturated heterocycles. The van der Waals surface area contributed by atoms with Crippen LogP contribution in [-0.2, 0) is 40.5 Å². The van der Waals surface area contributed by atoms with Crippen LogP contribution >= 0.6 is 12.0 Å². The predicted molar refractivity (Wildman–Crippen MR) is 77.5 cm³/mol. The Labute approximate surface area is 137 Å². The van der Waals surface area contributed by atoms with Crippen LogP contribution in [0.3, 0.4) is 0 Å². The van der Waals surface area contributed by atoms with E-state index in [1.165, 1.54) is 6.07 Å². The van der Waals surface area contributed by atoms with Gasteiger partial charge in [-0.2, -0.15) is 16.8 Å². The molecule has 13 heteroatoms. The Morgan fingerprint density at radius 2 is 1.83 bits per heavy atom. The maximum absolute atomic E-state index is 11.4. The van der Waals surface area contributed by atoms with E-state index in [2.05, 4.69) is 13.6 Å². The minimum Gasteiger partial charge on any atom is -0.282 e. The number of benzene rings is 1. The molecule has 0 amide bonds. The highest BCUT2D eigenvalue weighted by atomic mass is 32.3. The van der Waals surface area contributed by atoms with E-state index in [4.69, 9.17) is 9.81 Å². The van der Waals surface area contributed by atoms with Crippen LogP contribution in [-0.4, -0.2) is 37.8 Å². The molecule has 0 saturated carbocycles. The SMILES string of the molecule is Cc1cc(CCCOS(=O)(=O)O)c(S(=O)(=O)O)cc1SOOO. The molecule has 132 valence electrons. The van der Waals surface area contributed by atoms with Gasteiger partial charge in [-0.3, -0.25) is 9.11 Å². The Bertz CT molecular complexity index is 740. The van der Waals surface area contributed by atoms with Gasteiger partial charge in [0, 0.05) is 4.90 Å². The lowest BCUT2D eigenvalue weighted by Crippen LogP contribution is -2.08. The summed E-state index contributed by atoms with van der Waals surface area (Å²) in [5, 5.41) is 11.5. The second-order valence-corrected chi connectivity index (χ2v) is 7.50. The quantitative estimate of drug-likeness (QED) is 0.184. The summed E-state index contributed by atoms with van der Waals surface area (Å²) in [7, 11) is -9.11. The van der Waals surface area contributed by atoms with Crippen LogP contribution < -0.4 is 0 Å². The van der Waals surface area contributed by atoms with Gasteiger partial charge in [-0.15, -0.1) is 4.33 Å². The molecular weight excluding hydrogens is 376 g/mol. The van der Waals surface area contributed by atoms with Gasteiger partial charge >= 0.3 is 10.4 Å². The zero-order valence-corrected chi connectivity index (χ0v) is 14.1. The number of hydrogen-bond acceptors (Lipinski definition) is 9. The van der Waals surface area contributed by atoms with E-state index in [-0.39, 0.29) is 29.9 Å². The van der Waals surface area contributed by atoms with Crippen molar-refractivity contribution in [2.45, 2.75) is 29.6 Å². The molecule has 0 aliphatic rings. The van der Waals surface area contributed by atoms with Crippen molar-refractivity contribution in [3.8, 4) is 0 Å². The molecule has 0 aliphatic heterocycles. The first-order valence-corrected chi connectivity index (χ1v) is 9.47. The lowest BCUT2D eigenvalue weighted by atomic mass is 10.1. The van der Waals surface area contributed by atoms with Gasteiger partial charge in [0.15, 0.2) is 0 Å². The zero-order valence-electron chi connectivity index (χ0n) is 11.7. The van der Waals surface area contributed by atoms with Crippen LogP contribution in [0.4, 0.5) is 0 Å². The highest BCUT2D eigenvalue weighted by Crippen LogP contribution is 2.29. The predicted octanol–water partition coefficient (Wildman–Crippen LogP) is 1.42. The van der Waals surface area contributed by atoms with Crippen molar-refractivity contribution in [2.24, 2.45) is 0 Å². The van der Waals surface area contributed by atoms with Gasteiger partial charge in [0.25, 0.3) is 10.1 Å². The maximum Gasteiger partial charge on any atom is 0.397 e. The largest absolute Gasteiger partial charge is 0.397 e. The van der Waals surface area contributed by atoms with E-state index in [9.17, 15) is 21.4 Å². The van der Waals surface area contributed by atoms with E-state index < -0.39 is 25.4 Å². The van der Waals surface area contributed by atoms with E-state index in [1.54, 1.807) is 6.92 Å². The van der Waals surface area contributed by atoms with Gasteiger partial charge in [-0.1, -0.05) is 11.1 Å². The fourth-order valence-corrected chi connectivity index (χ4v) is 3.36. The van der Waals surface area contributed by atoms with Crippen molar-refractivity contribution < 1.29 is 44.8 Å². The Hall–Kier alpha value is -0.770. The lowest BCUT2D eigenvalue weighted by molar-refractivity contribution is -0.432. The average molecular weight is 390 g/mol. The van der Waals surface area contributed by atoms with Gasteiger partial charge < -0.3 is 0 Å². The molecule has 23 heavy (non-hydrogen) atoms. The van der Waals surface area contributed by atoms with Crippen LogP contribution in [0.5, 0.6) is 0 Å². The zero-order chi connectivity index (χ0) is 17.7. The summed E-state index contributed by atoms with van der Waals surface area (Å²) in [4.78, 5) is -0.136. The molecule has 0 aromatic heterocycles. The minimum absolute atomic E-state index is 0.0633. The summed E-state index contributed by atoms with van der Waals surface area (Å²) in [6.45, 7) is 1.26. The molecule has 1 rings (SSSR count). The molecule has 10 nitrogen and oxygen atoms in total. The first kappa shape index (κ1) is 20.3. The Morgan fingerprint density at radius 3 is 2.35 bits per heavy atom. The molecule has 0 bridgehead atoms. The van der Waals surface area contributed by atoms with Crippen LogP contribution in [0.15, 0.2) is 21.9 Å². The Balaban J connectivity index is 2.99. The standard InChI is InChI=1S/C10H14O10S3/c1-7-5-8(3-2-4-18-23(15,16)17)10(22(12,13)14)6-9(7)21-20-19-11/h5-6,11H,2-4H2,1H3,(H,12,13,14)(H,15,16,17). The van der Waals surface area contributed by atoms with Crippen LogP contribution in [0.2, 0.25) is 0 Å². The van der Waals surface area contributed by atoms with Gasteiger partial charge in [0.05, 0.1) is 23.5 Å². The number of aryl methyl sites for hydroxylation is 2. The van der Waals surface area contributed by atoms with Crippen molar-refractivity contribution in [1.29, 1.82) is 0 Å². The summed E-state index contributed by atoms with van der Waals surface area (Å²) in [6.07, 6.45) is 0.137. The number of hydrogen-bond donors (Lipinski definition) is 3. The van der Waals surface area contributed by atoms with Crippen molar-refractivity contribution in [1.82, 2.24) is 0 Å². The van der Waals surface area contributed by atoms with Crippen molar-refractivity contribution in [3.05, 3.63) is 23.3 Å². The first-order valence-electron chi connectivity index (χ1n) is 5.92. The van der Waals surface area contributed by atoms with E-state index in [1.807, 2.05) is 0 Å². The molecule has 0 unspecified atom stereocenters. The fourth-order valence-electron chi connectivity index (χ4n) is 1.73. The monoisotopic (exact) mass is 390 g/mol. The molecule has 1 aromatic carbocycles. The van der Waals surface area contributed by atoms with Gasteiger partial charge in [-0.25, -0.2) is 9.44 Å². The van der Waals surface area contributed by atoms with Gasteiger partial charge in [0.2, 0.25) is 0 Å². The summed E-state index contributed by atoms with van der Waals surface area (Å²) in [5.74, 6) is 0. The summed E-state index contributed by atoms with van der Waals surface area (Å²) in [6, 6.07) is 2.56. The summed E-state index contributed by atoms with van der Waals surface area (Å²) >= 11 is 0.533. The highest BCUT2D eigenvalue weighted by Gasteiger charge is 2.19. The second kappa shape index (κ2) is 8.36. The second-order valence-electron chi connectivity index (χ2n) is 4.28. The van der Waals surface area contributed by atoms with Gasteiger partial charge in [0.1, 0.15) is 0 Å². The first-order chi connectivity index (χ1) is 10.5. The van der Waals surface area contributed by atoms with E-state index in [0.29, 0.717) is 17.6 Å². The van der Waals surface area contributed by atoms with Crippen LogP contribution in [0, 0.1) is 6.92 Å². The third kappa shape index (κ3) is 7.11.